The zero-order valence-electron chi connectivity index (χ0n) is 20.8. The Labute approximate surface area is 205 Å². The fourth-order valence-corrected chi connectivity index (χ4v) is 3.67. The van der Waals surface area contributed by atoms with E-state index in [1.54, 1.807) is 18.7 Å². The summed E-state index contributed by atoms with van der Waals surface area (Å²) < 4.78 is 5.32. The van der Waals surface area contributed by atoms with Gasteiger partial charge in [-0.25, -0.2) is 0 Å². The number of carbonyl (C=O) groups is 6. The summed E-state index contributed by atoms with van der Waals surface area (Å²) in [5.41, 5.74) is 0. The number of amides is 4. The third-order valence-electron chi connectivity index (χ3n) is 5.67. The van der Waals surface area contributed by atoms with Crippen LogP contribution < -0.4 is 16.0 Å². The molecule has 0 aromatic rings. The second-order valence-electron chi connectivity index (χ2n) is 8.43. The highest BCUT2D eigenvalue weighted by Gasteiger charge is 2.36. The van der Waals surface area contributed by atoms with Gasteiger partial charge in [-0.3, -0.25) is 28.8 Å². The van der Waals surface area contributed by atoms with Crippen LogP contribution >= 0.6 is 0 Å². The summed E-state index contributed by atoms with van der Waals surface area (Å²) in [5.74, 6) is -2.69. The molecule has 12 heteroatoms. The Morgan fingerprint density at radius 1 is 0.886 bits per heavy atom. The summed E-state index contributed by atoms with van der Waals surface area (Å²) in [6, 6.07) is -0.655. The van der Waals surface area contributed by atoms with Gasteiger partial charge in [0.1, 0.15) is 6.10 Å². The number of ether oxygens (including phenoxy) is 1. The Balaban J connectivity index is 2.57. The molecule has 4 N–H and O–H groups in total. The number of rotatable bonds is 15. The molecule has 0 saturated carbocycles. The van der Waals surface area contributed by atoms with Crippen molar-refractivity contribution >= 4 is 35.6 Å². The average molecular weight is 499 g/mol. The van der Waals surface area contributed by atoms with Crippen molar-refractivity contribution in [3.8, 4) is 0 Å². The molecule has 0 bridgehead atoms. The second kappa shape index (κ2) is 15.7. The van der Waals surface area contributed by atoms with Crippen LogP contribution in [0.4, 0.5) is 0 Å². The first-order valence-corrected chi connectivity index (χ1v) is 12.1. The minimum atomic E-state index is -1.09. The lowest BCUT2D eigenvalue weighted by atomic mass is 10.1. The quantitative estimate of drug-likeness (QED) is 0.230. The van der Waals surface area contributed by atoms with Crippen LogP contribution in [0.3, 0.4) is 0 Å². The Morgan fingerprint density at radius 2 is 1.49 bits per heavy atom. The minimum absolute atomic E-state index is 0.0443. The Kier molecular flexibility index (Phi) is 13.4. The molecule has 1 aliphatic rings. The number of esters is 1. The SMILES string of the molecule is CCC(=O)NCC(CNC(=O)CC)NC(=O)CCC(=O)N1C[C@H](OC(=O)CCC(=O)O)C[C@H]1CC. The van der Waals surface area contributed by atoms with E-state index in [9.17, 15) is 28.8 Å². The third-order valence-corrected chi connectivity index (χ3v) is 5.67. The highest BCUT2D eigenvalue weighted by molar-refractivity contribution is 5.84. The predicted molar refractivity (Wildman–Crippen MR) is 125 cm³/mol. The molecule has 0 aliphatic carbocycles. The molecule has 0 unspecified atom stereocenters. The first kappa shape index (κ1) is 29.9. The van der Waals surface area contributed by atoms with E-state index in [0.29, 0.717) is 25.7 Å². The van der Waals surface area contributed by atoms with Gasteiger partial charge in [-0.1, -0.05) is 20.8 Å². The minimum Gasteiger partial charge on any atom is -0.481 e. The molecule has 1 fully saturated rings. The molecule has 4 amide bonds. The van der Waals surface area contributed by atoms with Crippen molar-refractivity contribution in [2.75, 3.05) is 19.6 Å². The van der Waals surface area contributed by atoms with Crippen LogP contribution in [-0.4, -0.2) is 83.4 Å². The lowest BCUT2D eigenvalue weighted by molar-refractivity contribution is -0.152. The van der Waals surface area contributed by atoms with Gasteiger partial charge in [0.2, 0.25) is 23.6 Å². The van der Waals surface area contributed by atoms with E-state index in [1.165, 1.54) is 0 Å². The van der Waals surface area contributed by atoms with Crippen molar-refractivity contribution in [3.63, 3.8) is 0 Å². The van der Waals surface area contributed by atoms with Crippen LogP contribution in [0, 0.1) is 0 Å². The normalized spacial score (nSPS) is 17.1. The lowest BCUT2D eigenvalue weighted by Crippen LogP contribution is -2.50. The summed E-state index contributed by atoms with van der Waals surface area (Å²) in [6.07, 6.45) is 0.531. The summed E-state index contributed by atoms with van der Waals surface area (Å²) in [5, 5.41) is 16.8. The monoisotopic (exact) mass is 498 g/mol. The zero-order valence-corrected chi connectivity index (χ0v) is 20.8. The maximum Gasteiger partial charge on any atom is 0.306 e. The fraction of sp³-hybridized carbons (Fsp3) is 0.739. The summed E-state index contributed by atoms with van der Waals surface area (Å²) >= 11 is 0. The standard InChI is InChI=1S/C23H38N4O8/c1-4-16-11-17(35-23(34)10-9-22(32)33)14-27(16)21(31)8-7-20(30)26-15(12-24-18(28)5-2)13-25-19(29)6-3/h15-17H,4-14H2,1-3H3,(H,24,28)(H,25,29)(H,26,30)(H,32,33)/t16-,17-/m1/s1. The fourth-order valence-electron chi connectivity index (χ4n) is 3.67. The van der Waals surface area contributed by atoms with Gasteiger partial charge in [0.05, 0.1) is 25.4 Å². The van der Waals surface area contributed by atoms with Gasteiger partial charge in [0.15, 0.2) is 0 Å². The summed E-state index contributed by atoms with van der Waals surface area (Å²) in [7, 11) is 0. The van der Waals surface area contributed by atoms with Crippen molar-refractivity contribution in [3.05, 3.63) is 0 Å². The van der Waals surface area contributed by atoms with Crippen molar-refractivity contribution in [2.45, 2.75) is 90.3 Å². The zero-order chi connectivity index (χ0) is 26.4. The molecule has 2 atom stereocenters. The van der Waals surface area contributed by atoms with Crippen molar-refractivity contribution in [2.24, 2.45) is 0 Å². The molecule has 1 aliphatic heterocycles. The molecule has 0 aromatic heterocycles. The number of carbonyl (C=O) groups excluding carboxylic acids is 5. The molecule has 1 rings (SSSR count). The summed E-state index contributed by atoms with van der Waals surface area (Å²) in [6.45, 7) is 5.82. The molecule has 35 heavy (non-hydrogen) atoms. The topological polar surface area (TPSA) is 171 Å². The predicted octanol–water partition coefficient (Wildman–Crippen LogP) is 0.0913. The number of carboxylic acid groups (broad SMARTS) is 1. The van der Waals surface area contributed by atoms with Crippen LogP contribution in [0.5, 0.6) is 0 Å². The Bertz CT molecular complexity index is 753. The van der Waals surface area contributed by atoms with Crippen molar-refractivity contribution < 1.29 is 38.6 Å². The number of carboxylic acids is 1. The molecular weight excluding hydrogens is 460 g/mol. The third kappa shape index (κ3) is 11.7. The van der Waals surface area contributed by atoms with Gasteiger partial charge < -0.3 is 30.7 Å². The molecule has 0 radical (unpaired) electrons. The molecule has 12 nitrogen and oxygen atoms in total. The molecule has 0 spiro atoms. The average Bonchev–Trinajstić information content (AvgIpc) is 3.24. The smallest absolute Gasteiger partial charge is 0.306 e. The largest absolute Gasteiger partial charge is 0.481 e. The van der Waals surface area contributed by atoms with Crippen LogP contribution in [0.1, 0.15) is 72.1 Å². The van der Waals surface area contributed by atoms with Gasteiger partial charge >= 0.3 is 11.9 Å². The van der Waals surface area contributed by atoms with Crippen molar-refractivity contribution in [1.82, 2.24) is 20.9 Å². The first-order chi connectivity index (χ1) is 16.6. The molecule has 198 valence electrons. The van der Waals surface area contributed by atoms with Gasteiger partial charge in [-0.05, 0) is 6.42 Å². The van der Waals surface area contributed by atoms with E-state index in [0.717, 1.165) is 0 Å². The maximum absolute atomic E-state index is 12.8. The number of nitrogens with one attached hydrogen (secondary N) is 3. The molecule has 1 saturated heterocycles. The van der Waals surface area contributed by atoms with Gasteiger partial charge in [0, 0.05) is 51.2 Å². The lowest BCUT2D eigenvalue weighted by Gasteiger charge is -2.23. The summed E-state index contributed by atoms with van der Waals surface area (Å²) in [4.78, 5) is 72.4. The van der Waals surface area contributed by atoms with Crippen LogP contribution in [0.15, 0.2) is 0 Å². The molecule has 0 aromatic carbocycles. The number of hydrogen-bond donors (Lipinski definition) is 4. The van der Waals surface area contributed by atoms with Gasteiger partial charge in [-0.15, -0.1) is 0 Å². The Morgan fingerprint density at radius 3 is 2.00 bits per heavy atom. The van der Waals surface area contributed by atoms with E-state index >= 15 is 0 Å². The van der Waals surface area contributed by atoms with Crippen molar-refractivity contribution in [1.29, 1.82) is 0 Å². The van der Waals surface area contributed by atoms with E-state index in [1.807, 2.05) is 6.92 Å². The van der Waals surface area contributed by atoms with E-state index < -0.39 is 24.1 Å². The van der Waals surface area contributed by atoms with Gasteiger partial charge in [-0.2, -0.15) is 0 Å². The number of hydrogen-bond acceptors (Lipinski definition) is 7. The number of likely N-dealkylation sites (tertiary alicyclic amines) is 1. The van der Waals surface area contributed by atoms with Gasteiger partial charge in [0.25, 0.3) is 0 Å². The highest BCUT2D eigenvalue weighted by Crippen LogP contribution is 2.24. The Hall–Kier alpha value is -3.18. The number of nitrogens with zero attached hydrogens (tertiary/aromatic N) is 1. The van der Waals surface area contributed by atoms with Crippen LogP contribution in [0.25, 0.3) is 0 Å². The molecule has 1 heterocycles. The molecular formula is C23H38N4O8. The van der Waals surface area contributed by atoms with Crippen LogP contribution in [0.2, 0.25) is 0 Å². The highest BCUT2D eigenvalue weighted by atomic mass is 16.5. The second-order valence-corrected chi connectivity index (χ2v) is 8.43. The number of aliphatic carboxylic acids is 1. The van der Waals surface area contributed by atoms with E-state index in [-0.39, 0.29) is 75.0 Å². The maximum atomic E-state index is 12.8. The first-order valence-electron chi connectivity index (χ1n) is 12.1. The van der Waals surface area contributed by atoms with E-state index in [2.05, 4.69) is 16.0 Å². The van der Waals surface area contributed by atoms with E-state index in [4.69, 9.17) is 9.84 Å². The van der Waals surface area contributed by atoms with Crippen LogP contribution in [-0.2, 0) is 33.5 Å².